The molecule has 0 saturated heterocycles. The summed E-state index contributed by atoms with van der Waals surface area (Å²) in [5, 5.41) is 3.09. The number of hydrogen-bond acceptors (Lipinski definition) is 4. The van der Waals surface area contributed by atoms with Gasteiger partial charge in [-0.3, -0.25) is 0 Å². The smallest absolute Gasteiger partial charge is 0.131 e. The summed E-state index contributed by atoms with van der Waals surface area (Å²) in [4.78, 5) is 0. The van der Waals surface area contributed by atoms with Gasteiger partial charge >= 0.3 is 0 Å². The number of rotatable bonds is 5. The van der Waals surface area contributed by atoms with Crippen LogP contribution in [0.15, 0.2) is 24.4 Å². The summed E-state index contributed by atoms with van der Waals surface area (Å²) < 4.78 is 35.5. The number of benzene rings is 1. The third kappa shape index (κ3) is 2.70. The van der Waals surface area contributed by atoms with Crippen LogP contribution in [0.4, 0.5) is 8.78 Å². The van der Waals surface area contributed by atoms with Crippen LogP contribution in [0.1, 0.15) is 30.6 Å². The number of nitrogens with one attached hydrogen (secondary N) is 1. The Morgan fingerprint density at radius 3 is 2.61 bits per heavy atom. The normalized spacial score (nSPS) is 12.6. The Kier molecular flexibility index (Phi) is 4.33. The van der Waals surface area contributed by atoms with E-state index in [9.17, 15) is 8.78 Å². The average Bonchev–Trinajstić information content (AvgIpc) is 2.86. The molecule has 3 nitrogen and oxygen atoms in total. The summed E-state index contributed by atoms with van der Waals surface area (Å²) >= 11 is 1.02. The molecule has 0 radical (unpaired) electrons. The standard InChI is InChI=1S/C12H13F2N3S/c1-2-6-15-12(10-7-16-18-17-10)11-8(13)4-3-5-9(11)14/h3-5,7,12,15H,2,6H2,1H3. The molecular weight excluding hydrogens is 256 g/mol. The maximum Gasteiger partial charge on any atom is 0.131 e. The molecule has 1 unspecified atom stereocenters. The van der Waals surface area contributed by atoms with Gasteiger partial charge in [-0.1, -0.05) is 13.0 Å². The highest BCUT2D eigenvalue weighted by atomic mass is 32.1. The lowest BCUT2D eigenvalue weighted by atomic mass is 10.0. The molecule has 0 aliphatic heterocycles. The molecule has 6 heteroatoms. The highest BCUT2D eigenvalue weighted by Gasteiger charge is 2.23. The van der Waals surface area contributed by atoms with Crippen molar-refractivity contribution in [1.29, 1.82) is 0 Å². The summed E-state index contributed by atoms with van der Waals surface area (Å²) in [7, 11) is 0. The van der Waals surface area contributed by atoms with Gasteiger partial charge in [-0.2, -0.15) is 8.75 Å². The van der Waals surface area contributed by atoms with Crippen LogP contribution in [0.25, 0.3) is 0 Å². The van der Waals surface area contributed by atoms with E-state index in [0.29, 0.717) is 12.2 Å². The second-order valence-corrected chi connectivity index (χ2v) is 4.41. The minimum absolute atomic E-state index is 0.00125. The van der Waals surface area contributed by atoms with Crippen molar-refractivity contribution in [1.82, 2.24) is 14.1 Å². The Morgan fingerprint density at radius 1 is 1.33 bits per heavy atom. The lowest BCUT2D eigenvalue weighted by Gasteiger charge is -2.17. The van der Waals surface area contributed by atoms with Crippen LogP contribution in [-0.4, -0.2) is 15.3 Å². The van der Waals surface area contributed by atoms with Crippen molar-refractivity contribution in [3.8, 4) is 0 Å². The Hall–Kier alpha value is -1.40. The molecule has 1 aromatic heterocycles. The van der Waals surface area contributed by atoms with Gasteiger partial charge in [0.25, 0.3) is 0 Å². The van der Waals surface area contributed by atoms with Crippen LogP contribution in [0, 0.1) is 11.6 Å². The number of hydrogen-bond donors (Lipinski definition) is 1. The lowest BCUT2D eigenvalue weighted by molar-refractivity contribution is 0.499. The Bertz CT molecular complexity index is 482. The van der Waals surface area contributed by atoms with Crippen LogP contribution >= 0.6 is 11.7 Å². The molecule has 0 bridgehead atoms. The second kappa shape index (κ2) is 5.97. The zero-order chi connectivity index (χ0) is 13.0. The fourth-order valence-corrected chi connectivity index (χ4v) is 2.18. The first-order valence-corrected chi connectivity index (χ1v) is 6.41. The van der Waals surface area contributed by atoms with E-state index >= 15 is 0 Å². The first kappa shape index (κ1) is 13.0. The van der Waals surface area contributed by atoms with E-state index in [1.165, 1.54) is 24.4 Å². The summed E-state index contributed by atoms with van der Waals surface area (Å²) in [6.07, 6.45) is 2.40. The van der Waals surface area contributed by atoms with E-state index in [1.807, 2.05) is 6.92 Å². The van der Waals surface area contributed by atoms with E-state index in [2.05, 4.69) is 14.1 Å². The van der Waals surface area contributed by atoms with Crippen molar-refractivity contribution < 1.29 is 8.78 Å². The Balaban J connectivity index is 2.40. The van der Waals surface area contributed by atoms with Crippen molar-refractivity contribution in [3.05, 3.63) is 47.3 Å². The molecule has 0 aliphatic carbocycles. The molecule has 0 saturated carbocycles. The minimum Gasteiger partial charge on any atom is -0.305 e. The fourth-order valence-electron chi connectivity index (χ4n) is 1.73. The molecule has 96 valence electrons. The first-order chi connectivity index (χ1) is 8.74. The van der Waals surface area contributed by atoms with Crippen molar-refractivity contribution in [2.24, 2.45) is 0 Å². The maximum absolute atomic E-state index is 13.8. The van der Waals surface area contributed by atoms with Gasteiger partial charge in [0.15, 0.2) is 0 Å². The predicted molar refractivity (Wildman–Crippen MR) is 66.4 cm³/mol. The monoisotopic (exact) mass is 269 g/mol. The van der Waals surface area contributed by atoms with Crippen LogP contribution in [-0.2, 0) is 0 Å². The Labute approximate surface area is 108 Å². The minimum atomic E-state index is -0.593. The van der Waals surface area contributed by atoms with Crippen molar-refractivity contribution in [2.45, 2.75) is 19.4 Å². The van der Waals surface area contributed by atoms with Gasteiger partial charge < -0.3 is 5.32 Å². The van der Waals surface area contributed by atoms with E-state index in [-0.39, 0.29) is 5.56 Å². The van der Waals surface area contributed by atoms with Gasteiger partial charge in [-0.15, -0.1) is 0 Å². The fraction of sp³-hybridized carbons (Fsp3) is 0.333. The van der Waals surface area contributed by atoms with Crippen LogP contribution in [0.3, 0.4) is 0 Å². The van der Waals surface area contributed by atoms with Gasteiger partial charge in [0, 0.05) is 5.56 Å². The topological polar surface area (TPSA) is 37.8 Å². The summed E-state index contributed by atoms with van der Waals surface area (Å²) in [6.45, 7) is 2.64. The molecule has 1 N–H and O–H groups in total. The number of nitrogens with zero attached hydrogens (tertiary/aromatic N) is 2. The Morgan fingerprint density at radius 2 is 2.06 bits per heavy atom. The van der Waals surface area contributed by atoms with Gasteiger partial charge in [0.2, 0.25) is 0 Å². The van der Waals surface area contributed by atoms with Gasteiger partial charge in [0.05, 0.1) is 29.7 Å². The quantitative estimate of drug-likeness (QED) is 0.907. The van der Waals surface area contributed by atoms with Crippen LogP contribution in [0.5, 0.6) is 0 Å². The third-order valence-corrected chi connectivity index (χ3v) is 3.05. The van der Waals surface area contributed by atoms with Crippen molar-refractivity contribution >= 4 is 11.7 Å². The summed E-state index contributed by atoms with van der Waals surface area (Å²) in [5.74, 6) is -1.15. The number of aromatic nitrogens is 2. The summed E-state index contributed by atoms with van der Waals surface area (Å²) in [5.41, 5.74) is 0.538. The lowest BCUT2D eigenvalue weighted by Crippen LogP contribution is -2.25. The average molecular weight is 269 g/mol. The maximum atomic E-state index is 13.8. The molecule has 18 heavy (non-hydrogen) atoms. The third-order valence-electron chi connectivity index (χ3n) is 2.56. The van der Waals surface area contributed by atoms with E-state index in [4.69, 9.17) is 0 Å². The molecule has 1 heterocycles. The van der Waals surface area contributed by atoms with Gasteiger partial charge in [0.1, 0.15) is 11.6 Å². The molecular formula is C12H13F2N3S. The summed E-state index contributed by atoms with van der Waals surface area (Å²) in [6, 6.07) is 3.26. The zero-order valence-corrected chi connectivity index (χ0v) is 10.7. The predicted octanol–water partition coefficient (Wildman–Crippen LogP) is 2.91. The van der Waals surface area contributed by atoms with E-state index in [1.54, 1.807) is 0 Å². The largest absolute Gasteiger partial charge is 0.305 e. The molecule has 1 aromatic carbocycles. The van der Waals surface area contributed by atoms with E-state index < -0.39 is 17.7 Å². The van der Waals surface area contributed by atoms with Crippen molar-refractivity contribution in [3.63, 3.8) is 0 Å². The number of halogens is 2. The highest BCUT2D eigenvalue weighted by molar-refractivity contribution is 6.99. The zero-order valence-electron chi connectivity index (χ0n) is 9.86. The molecule has 0 fully saturated rings. The SMILES string of the molecule is CCCNC(c1cnsn1)c1c(F)cccc1F. The highest BCUT2D eigenvalue weighted by Crippen LogP contribution is 2.25. The van der Waals surface area contributed by atoms with Crippen LogP contribution in [0.2, 0.25) is 0 Å². The molecule has 0 amide bonds. The second-order valence-electron chi connectivity index (χ2n) is 3.85. The van der Waals surface area contributed by atoms with Crippen LogP contribution < -0.4 is 5.32 Å². The molecule has 2 rings (SSSR count). The van der Waals surface area contributed by atoms with Crippen molar-refractivity contribution in [2.75, 3.05) is 6.54 Å². The first-order valence-electron chi connectivity index (χ1n) is 5.68. The molecule has 0 spiro atoms. The van der Waals surface area contributed by atoms with Gasteiger partial charge in [-0.25, -0.2) is 8.78 Å². The molecule has 1 atom stereocenters. The van der Waals surface area contributed by atoms with E-state index in [0.717, 1.165) is 18.1 Å². The molecule has 0 aliphatic rings. The van der Waals surface area contributed by atoms with Gasteiger partial charge in [-0.05, 0) is 25.1 Å². The molecule has 2 aromatic rings.